The van der Waals surface area contributed by atoms with Crippen molar-refractivity contribution in [3.63, 3.8) is 0 Å². The molecule has 0 N–H and O–H groups in total. The van der Waals surface area contributed by atoms with Crippen molar-refractivity contribution in [2.24, 2.45) is 0 Å². The molecule has 0 aliphatic carbocycles. The first-order valence-electron chi connectivity index (χ1n) is 4.09. The van der Waals surface area contributed by atoms with E-state index < -0.39 is 0 Å². The van der Waals surface area contributed by atoms with Gasteiger partial charge in [0.05, 0.1) is 0 Å². The molecule has 0 aromatic carbocycles. The predicted octanol–water partition coefficient (Wildman–Crippen LogP) is -0.183. The van der Waals surface area contributed by atoms with E-state index in [-0.39, 0.29) is 0 Å². The van der Waals surface area contributed by atoms with Crippen molar-refractivity contribution in [3.8, 4) is 0 Å². The Bertz CT molecular complexity index is 111. The van der Waals surface area contributed by atoms with Crippen molar-refractivity contribution in [3.05, 3.63) is 0 Å². The Hall–Kier alpha value is 0.730. The Morgan fingerprint density at radius 3 is 1.50 bits per heavy atom. The number of alkyl halides is 2. The summed E-state index contributed by atoms with van der Waals surface area (Å²) in [4.78, 5) is 0. The van der Waals surface area contributed by atoms with Crippen molar-refractivity contribution >= 4 is 0 Å². The molecule has 62 valence electrons. The van der Waals surface area contributed by atoms with Gasteiger partial charge in [-0.05, 0) is 0 Å². The predicted molar refractivity (Wildman–Crippen MR) is 42.0 cm³/mol. The summed E-state index contributed by atoms with van der Waals surface area (Å²) in [5.41, 5.74) is 0. The Morgan fingerprint density at radius 2 is 1.30 bits per heavy atom. The molecule has 1 fully saturated rings. The first-order chi connectivity index (χ1) is 4.41. The van der Waals surface area contributed by atoms with Crippen LogP contribution in [-0.4, -0.2) is 6.84 Å². The van der Waals surface area contributed by atoms with Crippen LogP contribution in [0.1, 0.15) is 47.0 Å². The maximum absolute atomic E-state index is 2.45. The summed E-state index contributed by atoms with van der Waals surface area (Å²) in [7, 11) is 0. The molecule has 0 atom stereocenters. The van der Waals surface area contributed by atoms with Gasteiger partial charge in [-0.25, -0.2) is 0 Å². The Balaban J connectivity index is 2.56. The summed E-state index contributed by atoms with van der Waals surface area (Å²) in [5, 5.41) is 0. The van der Waals surface area contributed by atoms with Crippen molar-refractivity contribution in [2.75, 3.05) is 0 Å². The fourth-order valence-electron chi connectivity index (χ4n) is 1.72. The molecule has 1 aliphatic rings. The molecule has 0 aromatic heterocycles. The third-order valence-corrected chi connectivity index (χ3v) is 6.05. The van der Waals surface area contributed by atoms with Gasteiger partial charge in [0, 0.05) is 0 Å². The standard InChI is InChI=1S/C9H18I/c1-8(2)6-5-7-9(3,4)10-8/h5-7H2,1-4H3/q-1. The van der Waals surface area contributed by atoms with Gasteiger partial charge in [-0.15, -0.1) is 0 Å². The van der Waals surface area contributed by atoms with E-state index in [9.17, 15) is 0 Å². The second-order valence-corrected chi connectivity index (χ2v) is 10.8. The normalized spacial score (nSPS) is 30.8. The second kappa shape index (κ2) is 2.65. The van der Waals surface area contributed by atoms with Crippen LogP contribution < -0.4 is 21.2 Å². The van der Waals surface area contributed by atoms with Gasteiger partial charge in [0.1, 0.15) is 0 Å². The zero-order chi connectivity index (χ0) is 7.83. The molecule has 0 aromatic rings. The zero-order valence-electron chi connectivity index (χ0n) is 7.50. The first-order valence-corrected chi connectivity index (χ1v) is 6.24. The molecule has 0 nitrogen and oxygen atoms in total. The Kier molecular flexibility index (Phi) is 2.34. The topological polar surface area (TPSA) is 0 Å². The van der Waals surface area contributed by atoms with Crippen LogP contribution in [0.15, 0.2) is 0 Å². The number of rotatable bonds is 0. The monoisotopic (exact) mass is 253 g/mol. The Labute approximate surface area is 75.0 Å². The Morgan fingerprint density at radius 1 is 0.900 bits per heavy atom. The zero-order valence-corrected chi connectivity index (χ0v) is 9.66. The van der Waals surface area contributed by atoms with Gasteiger partial charge in [0.25, 0.3) is 0 Å². The molecule has 1 aliphatic heterocycles. The van der Waals surface area contributed by atoms with Gasteiger partial charge in [-0.2, -0.15) is 0 Å². The molecule has 1 heterocycles. The van der Waals surface area contributed by atoms with Gasteiger partial charge in [-0.3, -0.25) is 0 Å². The van der Waals surface area contributed by atoms with Crippen LogP contribution in [0.5, 0.6) is 0 Å². The van der Waals surface area contributed by atoms with Crippen LogP contribution >= 0.6 is 0 Å². The summed E-state index contributed by atoms with van der Waals surface area (Å²) < 4.78 is 1.45. The summed E-state index contributed by atoms with van der Waals surface area (Å²) in [6, 6.07) is 0. The second-order valence-electron chi connectivity index (χ2n) is 4.39. The van der Waals surface area contributed by atoms with E-state index in [0.717, 1.165) is 6.84 Å². The molecule has 1 heteroatoms. The van der Waals surface area contributed by atoms with Crippen molar-refractivity contribution in [2.45, 2.75) is 53.8 Å². The molecule has 0 spiro atoms. The van der Waals surface area contributed by atoms with E-state index in [1.54, 1.807) is 0 Å². The average molecular weight is 253 g/mol. The SMILES string of the molecule is CC1(C)CCCC(C)(C)[I-]1. The first kappa shape index (κ1) is 8.82. The molecule has 0 amide bonds. The van der Waals surface area contributed by atoms with E-state index >= 15 is 0 Å². The third-order valence-electron chi connectivity index (χ3n) is 2.05. The van der Waals surface area contributed by atoms with Crippen LogP contribution in [0.3, 0.4) is 0 Å². The average Bonchev–Trinajstić information content (AvgIpc) is 1.56. The van der Waals surface area contributed by atoms with Crippen LogP contribution in [-0.2, 0) is 0 Å². The van der Waals surface area contributed by atoms with Crippen molar-refractivity contribution < 1.29 is 21.2 Å². The molecule has 1 saturated heterocycles. The van der Waals surface area contributed by atoms with Crippen LogP contribution in [0.2, 0.25) is 0 Å². The third kappa shape index (κ3) is 2.40. The quantitative estimate of drug-likeness (QED) is 0.415. The van der Waals surface area contributed by atoms with Gasteiger partial charge in [0.15, 0.2) is 0 Å². The van der Waals surface area contributed by atoms with E-state index in [4.69, 9.17) is 0 Å². The van der Waals surface area contributed by atoms with Crippen LogP contribution in [0.4, 0.5) is 0 Å². The summed E-state index contributed by atoms with van der Waals surface area (Å²) in [5.74, 6) is 0. The molecule has 0 saturated carbocycles. The fraction of sp³-hybridized carbons (Fsp3) is 1.00. The number of halogens is 1. The molecular weight excluding hydrogens is 235 g/mol. The summed E-state index contributed by atoms with van der Waals surface area (Å²) >= 11 is 0.422. The van der Waals surface area contributed by atoms with Crippen molar-refractivity contribution in [1.82, 2.24) is 0 Å². The molecule has 0 bridgehead atoms. The van der Waals surface area contributed by atoms with Crippen LogP contribution in [0.25, 0.3) is 0 Å². The minimum absolute atomic E-state index is 0.422. The van der Waals surface area contributed by atoms with Crippen LogP contribution in [0, 0.1) is 0 Å². The number of hydrogen-bond donors (Lipinski definition) is 0. The van der Waals surface area contributed by atoms with E-state index in [1.165, 1.54) is 19.3 Å². The fourth-order valence-corrected chi connectivity index (χ4v) is 6.97. The maximum atomic E-state index is 2.45. The molecule has 10 heavy (non-hydrogen) atoms. The van der Waals surface area contributed by atoms with Gasteiger partial charge < -0.3 is 0 Å². The molecule has 0 unspecified atom stereocenters. The summed E-state index contributed by atoms with van der Waals surface area (Å²) in [6.07, 6.45) is 4.41. The van der Waals surface area contributed by atoms with E-state index in [2.05, 4.69) is 27.7 Å². The van der Waals surface area contributed by atoms with Crippen molar-refractivity contribution in [1.29, 1.82) is 0 Å². The molecule has 1 rings (SSSR count). The minimum atomic E-state index is 0.422. The van der Waals surface area contributed by atoms with E-state index in [1.807, 2.05) is 0 Å². The molecular formula is C9H18I-. The molecule has 0 radical (unpaired) electrons. The van der Waals surface area contributed by atoms with Gasteiger partial charge in [0.2, 0.25) is 0 Å². The van der Waals surface area contributed by atoms with Gasteiger partial charge in [-0.1, -0.05) is 0 Å². The summed E-state index contributed by atoms with van der Waals surface area (Å²) in [6.45, 7) is 9.78. The van der Waals surface area contributed by atoms with Gasteiger partial charge >= 0.3 is 75.0 Å². The number of hydrogen-bond acceptors (Lipinski definition) is 0. The van der Waals surface area contributed by atoms with E-state index in [0.29, 0.717) is 21.2 Å².